The van der Waals surface area contributed by atoms with E-state index in [0.29, 0.717) is 11.3 Å². The van der Waals surface area contributed by atoms with E-state index < -0.39 is 0 Å². The third-order valence-corrected chi connectivity index (χ3v) is 2.50. The van der Waals surface area contributed by atoms with Gasteiger partial charge in [-0.05, 0) is 30.7 Å². The molecule has 0 saturated heterocycles. The second-order valence-corrected chi connectivity index (χ2v) is 3.77. The van der Waals surface area contributed by atoms with Crippen molar-refractivity contribution in [2.24, 2.45) is 10.9 Å². The maximum Gasteiger partial charge on any atom is 0.173 e. The Kier molecular flexibility index (Phi) is 5.73. The molecule has 0 aliphatic carbocycles. The summed E-state index contributed by atoms with van der Waals surface area (Å²) < 4.78 is 5.22. The Morgan fingerprint density at radius 2 is 2.39 bits per heavy atom. The fraction of sp³-hybridized carbons (Fsp3) is 0.308. The van der Waals surface area contributed by atoms with Crippen molar-refractivity contribution in [3.63, 3.8) is 0 Å². The minimum absolute atomic E-state index is 0.0398. The lowest BCUT2D eigenvalue weighted by atomic mass is 10.1. The number of methoxy groups -OCH3 is 1. The van der Waals surface area contributed by atoms with Crippen molar-refractivity contribution in [2.75, 3.05) is 13.7 Å². The quantitative estimate of drug-likeness (QED) is 0.171. The molecule has 1 aromatic carbocycles. The van der Waals surface area contributed by atoms with Crippen molar-refractivity contribution in [1.82, 2.24) is 5.32 Å². The highest BCUT2D eigenvalue weighted by Crippen LogP contribution is 2.19. The number of nitrogens with zero attached hydrogens (tertiary/aromatic N) is 1. The van der Waals surface area contributed by atoms with Crippen molar-refractivity contribution in [3.8, 4) is 5.75 Å². The van der Waals surface area contributed by atoms with Crippen LogP contribution in [0.15, 0.2) is 36.0 Å². The Morgan fingerprint density at radius 3 is 3.00 bits per heavy atom. The third-order valence-electron chi connectivity index (χ3n) is 2.50. The van der Waals surface area contributed by atoms with Gasteiger partial charge in [-0.2, -0.15) is 0 Å². The van der Waals surface area contributed by atoms with Crippen molar-refractivity contribution < 1.29 is 9.94 Å². The summed E-state index contributed by atoms with van der Waals surface area (Å²) in [6.45, 7) is 5.28. The highest BCUT2D eigenvalue weighted by atomic mass is 16.5. The second kappa shape index (κ2) is 7.34. The van der Waals surface area contributed by atoms with E-state index in [0.717, 1.165) is 25.1 Å². The van der Waals surface area contributed by atoms with E-state index in [1.807, 2.05) is 18.2 Å². The lowest BCUT2D eigenvalue weighted by Gasteiger charge is -2.10. The summed E-state index contributed by atoms with van der Waals surface area (Å²) in [7, 11) is 1.55. The van der Waals surface area contributed by atoms with Gasteiger partial charge in [0, 0.05) is 6.54 Å². The molecule has 5 heteroatoms. The summed E-state index contributed by atoms with van der Waals surface area (Å²) >= 11 is 0. The normalized spacial score (nSPS) is 11.3. The highest BCUT2D eigenvalue weighted by Gasteiger charge is 2.08. The van der Waals surface area contributed by atoms with Crippen LogP contribution in [0.5, 0.6) is 5.75 Å². The van der Waals surface area contributed by atoms with Gasteiger partial charge in [0.25, 0.3) is 0 Å². The smallest absolute Gasteiger partial charge is 0.173 e. The summed E-state index contributed by atoms with van der Waals surface area (Å²) in [4.78, 5) is 0. The zero-order valence-electron chi connectivity index (χ0n) is 10.5. The Labute approximate surface area is 107 Å². The molecule has 0 spiro atoms. The van der Waals surface area contributed by atoms with Gasteiger partial charge in [-0.3, -0.25) is 0 Å². The number of hydrogen-bond donors (Lipinski definition) is 3. The Hall–Kier alpha value is -2.01. The molecule has 4 N–H and O–H groups in total. The van der Waals surface area contributed by atoms with E-state index in [9.17, 15) is 0 Å². The molecule has 18 heavy (non-hydrogen) atoms. The monoisotopic (exact) mass is 249 g/mol. The summed E-state index contributed by atoms with van der Waals surface area (Å²) in [5, 5.41) is 14.9. The van der Waals surface area contributed by atoms with E-state index >= 15 is 0 Å². The van der Waals surface area contributed by atoms with Gasteiger partial charge in [0.1, 0.15) is 5.75 Å². The van der Waals surface area contributed by atoms with E-state index in [-0.39, 0.29) is 5.84 Å². The molecule has 0 atom stereocenters. The molecule has 0 heterocycles. The van der Waals surface area contributed by atoms with E-state index in [1.165, 1.54) is 0 Å². The first-order valence-corrected chi connectivity index (χ1v) is 5.69. The zero-order chi connectivity index (χ0) is 13.4. The number of benzene rings is 1. The average molecular weight is 249 g/mol. The van der Waals surface area contributed by atoms with Crippen LogP contribution in [-0.2, 0) is 6.54 Å². The molecule has 5 nitrogen and oxygen atoms in total. The zero-order valence-corrected chi connectivity index (χ0v) is 10.5. The largest absolute Gasteiger partial charge is 0.496 e. The number of ether oxygens (including phenoxy) is 1. The minimum atomic E-state index is 0.0398. The molecule has 0 aliphatic rings. The summed E-state index contributed by atoms with van der Waals surface area (Å²) in [5.74, 6) is 0.631. The molecule has 0 bridgehead atoms. The van der Waals surface area contributed by atoms with Gasteiger partial charge in [-0.25, -0.2) is 0 Å². The average Bonchev–Trinajstić information content (AvgIpc) is 2.42. The van der Waals surface area contributed by atoms with Gasteiger partial charge in [-0.15, -0.1) is 6.58 Å². The van der Waals surface area contributed by atoms with E-state index in [1.54, 1.807) is 13.2 Å². The Morgan fingerprint density at radius 1 is 1.61 bits per heavy atom. The fourth-order valence-electron chi connectivity index (χ4n) is 1.55. The van der Waals surface area contributed by atoms with Crippen LogP contribution < -0.4 is 15.8 Å². The maximum atomic E-state index is 8.66. The van der Waals surface area contributed by atoms with Gasteiger partial charge in [-0.1, -0.05) is 17.3 Å². The van der Waals surface area contributed by atoms with Crippen molar-refractivity contribution in [2.45, 2.75) is 13.0 Å². The standard InChI is InChI=1S/C13H19N3O2/c1-3-4-7-15-9-10-5-6-11(13(14)16-17)12(8-10)18-2/h3,5-6,8,15,17H,1,4,7,9H2,2H3,(H2,14,16). The molecule has 1 rings (SSSR count). The predicted molar refractivity (Wildman–Crippen MR) is 72.0 cm³/mol. The lowest BCUT2D eigenvalue weighted by Crippen LogP contribution is -2.16. The van der Waals surface area contributed by atoms with Gasteiger partial charge >= 0.3 is 0 Å². The molecular weight excluding hydrogens is 230 g/mol. The molecule has 0 aromatic heterocycles. The van der Waals surface area contributed by atoms with Crippen LogP contribution in [0, 0.1) is 0 Å². The van der Waals surface area contributed by atoms with Crippen LogP contribution in [0.25, 0.3) is 0 Å². The number of amidine groups is 1. The Balaban J connectivity index is 2.75. The molecule has 0 amide bonds. The summed E-state index contributed by atoms with van der Waals surface area (Å²) in [6, 6.07) is 5.56. The van der Waals surface area contributed by atoms with Crippen LogP contribution in [0.2, 0.25) is 0 Å². The van der Waals surface area contributed by atoms with E-state index in [2.05, 4.69) is 17.1 Å². The number of nitrogens with one attached hydrogen (secondary N) is 1. The highest BCUT2D eigenvalue weighted by molar-refractivity contribution is 5.99. The number of rotatable bonds is 7. The summed E-state index contributed by atoms with van der Waals surface area (Å²) in [6.07, 6.45) is 2.80. The van der Waals surface area contributed by atoms with Crippen LogP contribution in [-0.4, -0.2) is 24.7 Å². The molecule has 0 radical (unpaired) electrons. The first-order chi connectivity index (χ1) is 8.72. The molecule has 0 aliphatic heterocycles. The van der Waals surface area contributed by atoms with Gasteiger partial charge in [0.15, 0.2) is 5.84 Å². The van der Waals surface area contributed by atoms with Gasteiger partial charge in [0.05, 0.1) is 12.7 Å². The molecule has 98 valence electrons. The van der Waals surface area contributed by atoms with Gasteiger partial charge < -0.3 is 21.0 Å². The van der Waals surface area contributed by atoms with Crippen LogP contribution in [0.4, 0.5) is 0 Å². The first-order valence-electron chi connectivity index (χ1n) is 5.69. The van der Waals surface area contributed by atoms with Crippen LogP contribution >= 0.6 is 0 Å². The molecular formula is C13H19N3O2. The Bertz CT molecular complexity index is 430. The number of nitrogens with two attached hydrogens (primary N) is 1. The van der Waals surface area contributed by atoms with Crippen molar-refractivity contribution >= 4 is 5.84 Å². The minimum Gasteiger partial charge on any atom is -0.496 e. The first kappa shape index (κ1) is 14.1. The topological polar surface area (TPSA) is 79.9 Å². The van der Waals surface area contributed by atoms with Gasteiger partial charge in [0.2, 0.25) is 0 Å². The second-order valence-electron chi connectivity index (χ2n) is 3.77. The number of hydrogen-bond acceptors (Lipinski definition) is 4. The van der Waals surface area contributed by atoms with Crippen molar-refractivity contribution in [3.05, 3.63) is 42.0 Å². The molecule has 0 saturated carbocycles. The van der Waals surface area contributed by atoms with Crippen LogP contribution in [0.3, 0.4) is 0 Å². The predicted octanol–water partition coefficient (Wildman–Crippen LogP) is 1.46. The van der Waals surface area contributed by atoms with Crippen LogP contribution in [0.1, 0.15) is 17.5 Å². The van der Waals surface area contributed by atoms with Crippen molar-refractivity contribution in [1.29, 1.82) is 0 Å². The summed E-state index contributed by atoms with van der Waals surface area (Å²) in [5.41, 5.74) is 7.21. The lowest BCUT2D eigenvalue weighted by molar-refractivity contribution is 0.318. The third kappa shape index (κ3) is 3.78. The SMILES string of the molecule is C=CCCNCc1ccc(/C(N)=N/O)c(OC)c1. The number of oxime groups is 1. The maximum absolute atomic E-state index is 8.66. The van der Waals surface area contributed by atoms with E-state index in [4.69, 9.17) is 15.7 Å². The molecule has 0 fully saturated rings. The molecule has 1 aromatic rings. The molecule has 0 unspecified atom stereocenters. The fourth-order valence-corrected chi connectivity index (χ4v) is 1.55.